The number of fused-ring (bicyclic) bond motifs is 1. The Balaban J connectivity index is 1.66. The second kappa shape index (κ2) is 9.84. The molecule has 0 saturated carbocycles. The molecule has 0 aromatic heterocycles. The number of carbonyl (C=O) groups is 1. The summed E-state index contributed by atoms with van der Waals surface area (Å²) < 4.78 is 22.1. The fourth-order valence-electron chi connectivity index (χ4n) is 3.70. The van der Waals surface area contributed by atoms with E-state index in [1.165, 1.54) is 7.11 Å². The zero-order valence-corrected chi connectivity index (χ0v) is 18.5. The van der Waals surface area contributed by atoms with Crippen LogP contribution >= 0.6 is 0 Å². The fourth-order valence-corrected chi connectivity index (χ4v) is 3.70. The molecule has 1 aliphatic heterocycles. The second-order valence-electron chi connectivity index (χ2n) is 7.42. The first-order valence-electron chi connectivity index (χ1n) is 10.5. The lowest BCUT2D eigenvalue weighted by atomic mass is 9.83. The first-order chi connectivity index (χ1) is 16.5. The zero-order chi connectivity index (χ0) is 24.1. The Labute approximate surface area is 197 Å². The molecule has 0 radical (unpaired) electrons. The van der Waals surface area contributed by atoms with Gasteiger partial charge in [-0.15, -0.1) is 0 Å². The van der Waals surface area contributed by atoms with Crippen LogP contribution in [0.5, 0.6) is 23.0 Å². The maximum Gasteiger partial charge on any atom is 0.343 e. The largest absolute Gasteiger partial charge is 0.497 e. The van der Waals surface area contributed by atoms with Crippen molar-refractivity contribution in [1.82, 2.24) is 0 Å². The highest BCUT2D eigenvalue weighted by atomic mass is 16.5. The molecule has 1 unspecified atom stereocenters. The van der Waals surface area contributed by atoms with Gasteiger partial charge in [-0.05, 0) is 42.0 Å². The normalized spacial score (nSPS) is 14.3. The van der Waals surface area contributed by atoms with E-state index in [0.717, 1.165) is 5.56 Å². The Morgan fingerprint density at radius 1 is 1.12 bits per heavy atom. The maximum absolute atomic E-state index is 12.6. The van der Waals surface area contributed by atoms with Crippen LogP contribution in [0.1, 0.15) is 27.4 Å². The minimum Gasteiger partial charge on any atom is -0.497 e. The lowest BCUT2D eigenvalue weighted by molar-refractivity contribution is 0.0734. The van der Waals surface area contributed by atoms with Gasteiger partial charge < -0.3 is 24.7 Å². The van der Waals surface area contributed by atoms with E-state index in [1.54, 1.807) is 48.5 Å². The molecule has 0 bridgehead atoms. The predicted octanol–water partition coefficient (Wildman–Crippen LogP) is 4.70. The summed E-state index contributed by atoms with van der Waals surface area (Å²) >= 11 is 0. The summed E-state index contributed by atoms with van der Waals surface area (Å²) in [6, 6.07) is 21.2. The van der Waals surface area contributed by atoms with Gasteiger partial charge in [-0.2, -0.15) is 5.26 Å². The first-order valence-corrected chi connectivity index (χ1v) is 10.5. The summed E-state index contributed by atoms with van der Waals surface area (Å²) in [5.74, 6) is 0.853. The first kappa shape index (κ1) is 22.5. The summed E-state index contributed by atoms with van der Waals surface area (Å²) in [7, 11) is 1.52. The van der Waals surface area contributed by atoms with E-state index >= 15 is 0 Å². The molecule has 0 saturated heterocycles. The van der Waals surface area contributed by atoms with E-state index in [-0.39, 0.29) is 17.2 Å². The number of nitrogens with zero attached hydrogens (tertiary/aromatic N) is 1. The third kappa shape index (κ3) is 4.57. The third-order valence-corrected chi connectivity index (χ3v) is 5.27. The van der Waals surface area contributed by atoms with Crippen LogP contribution in [0, 0.1) is 11.3 Å². The van der Waals surface area contributed by atoms with Gasteiger partial charge in [0.1, 0.15) is 41.2 Å². The highest BCUT2D eigenvalue weighted by Gasteiger charge is 2.31. The number of carbonyl (C=O) groups excluding carboxylic acids is 1. The molecule has 3 aromatic carbocycles. The Morgan fingerprint density at radius 3 is 2.68 bits per heavy atom. The lowest BCUT2D eigenvalue weighted by Crippen LogP contribution is -2.21. The highest BCUT2D eigenvalue weighted by Crippen LogP contribution is 2.44. The van der Waals surface area contributed by atoms with Crippen molar-refractivity contribution in [2.24, 2.45) is 5.73 Å². The van der Waals surface area contributed by atoms with Crippen molar-refractivity contribution in [3.05, 3.63) is 108 Å². The number of hydrogen-bond acceptors (Lipinski definition) is 7. The van der Waals surface area contributed by atoms with Gasteiger partial charge >= 0.3 is 5.97 Å². The smallest absolute Gasteiger partial charge is 0.343 e. The van der Waals surface area contributed by atoms with Crippen LogP contribution in [-0.4, -0.2) is 19.7 Å². The summed E-state index contributed by atoms with van der Waals surface area (Å²) in [6.07, 6.45) is 1.66. The summed E-state index contributed by atoms with van der Waals surface area (Å²) in [5, 5.41) is 9.78. The number of rotatable bonds is 7. The molecule has 7 nitrogen and oxygen atoms in total. The van der Waals surface area contributed by atoms with Crippen LogP contribution in [0.15, 0.2) is 90.8 Å². The van der Waals surface area contributed by atoms with Crippen LogP contribution in [0.3, 0.4) is 0 Å². The molecule has 4 rings (SSSR count). The molecule has 7 heteroatoms. The van der Waals surface area contributed by atoms with Gasteiger partial charge in [0.25, 0.3) is 0 Å². The van der Waals surface area contributed by atoms with Crippen LogP contribution < -0.4 is 24.7 Å². The average Bonchev–Trinajstić information content (AvgIpc) is 2.86. The molecule has 0 aliphatic carbocycles. The molecule has 0 amide bonds. The molecule has 2 N–H and O–H groups in total. The minimum atomic E-state index is -0.542. The predicted molar refractivity (Wildman–Crippen MR) is 126 cm³/mol. The zero-order valence-electron chi connectivity index (χ0n) is 18.5. The average molecular weight is 454 g/mol. The number of ether oxygens (including phenoxy) is 4. The van der Waals surface area contributed by atoms with E-state index < -0.39 is 11.9 Å². The van der Waals surface area contributed by atoms with Crippen LogP contribution in [0.25, 0.3) is 0 Å². The van der Waals surface area contributed by atoms with Crippen molar-refractivity contribution in [3.63, 3.8) is 0 Å². The number of hydrogen-bond donors (Lipinski definition) is 1. The van der Waals surface area contributed by atoms with Gasteiger partial charge in [0, 0.05) is 11.6 Å². The van der Waals surface area contributed by atoms with E-state index in [0.29, 0.717) is 35.0 Å². The Bertz CT molecular complexity index is 1320. The number of nitrogens with two attached hydrogens (primary N) is 1. The Morgan fingerprint density at radius 2 is 1.91 bits per heavy atom. The molecule has 0 spiro atoms. The fraction of sp³-hybridized carbons (Fsp3) is 0.111. The van der Waals surface area contributed by atoms with E-state index in [4.69, 9.17) is 24.7 Å². The molecule has 3 aromatic rings. The third-order valence-electron chi connectivity index (χ3n) is 5.27. The number of methoxy groups -OCH3 is 1. The lowest BCUT2D eigenvalue weighted by Gasteiger charge is -2.27. The molecule has 1 aliphatic rings. The molecular weight excluding hydrogens is 432 g/mol. The van der Waals surface area contributed by atoms with Crippen molar-refractivity contribution < 1.29 is 23.7 Å². The molecule has 1 heterocycles. The van der Waals surface area contributed by atoms with Crippen molar-refractivity contribution in [2.45, 2.75) is 5.92 Å². The number of allylic oxidation sites excluding steroid dienone is 1. The Kier molecular flexibility index (Phi) is 6.51. The standard InChI is InChI=1S/C27H22N2O5/c1-3-12-32-20-9-4-6-17(13-20)25-22-11-10-21(15-24(22)34-26(29)23(25)16-28)33-27(30)18-7-5-8-19(14-18)31-2/h3-11,13-15,25H,1,12,29H2,2H3. The monoisotopic (exact) mass is 454 g/mol. The topological polar surface area (TPSA) is 104 Å². The second-order valence-corrected chi connectivity index (χ2v) is 7.42. The van der Waals surface area contributed by atoms with Crippen molar-refractivity contribution in [3.8, 4) is 29.1 Å². The van der Waals surface area contributed by atoms with Gasteiger partial charge in [0.2, 0.25) is 5.88 Å². The SMILES string of the molecule is C=CCOc1cccc(C2C(C#N)=C(N)Oc3cc(OC(=O)c4cccc(OC)c4)ccc32)c1. The highest BCUT2D eigenvalue weighted by molar-refractivity contribution is 5.91. The quantitative estimate of drug-likeness (QED) is 0.314. The van der Waals surface area contributed by atoms with E-state index in [9.17, 15) is 10.1 Å². The van der Waals surface area contributed by atoms with Crippen molar-refractivity contribution >= 4 is 5.97 Å². The van der Waals surface area contributed by atoms with Crippen molar-refractivity contribution in [1.29, 1.82) is 5.26 Å². The van der Waals surface area contributed by atoms with Crippen LogP contribution in [0.4, 0.5) is 0 Å². The maximum atomic E-state index is 12.6. The molecule has 1 atom stereocenters. The molecule has 34 heavy (non-hydrogen) atoms. The molecule has 170 valence electrons. The van der Waals surface area contributed by atoms with E-state index in [1.807, 2.05) is 24.3 Å². The number of nitriles is 1. The summed E-state index contributed by atoms with van der Waals surface area (Å²) in [5.41, 5.74) is 8.25. The minimum absolute atomic E-state index is 0.00585. The molecule has 0 fully saturated rings. The van der Waals surface area contributed by atoms with Crippen LogP contribution in [0.2, 0.25) is 0 Å². The Hall–Kier alpha value is -4.70. The van der Waals surface area contributed by atoms with Gasteiger partial charge in [0.05, 0.1) is 18.6 Å². The number of esters is 1. The van der Waals surface area contributed by atoms with Gasteiger partial charge in [-0.3, -0.25) is 0 Å². The van der Waals surface area contributed by atoms with Gasteiger partial charge in [-0.1, -0.05) is 36.9 Å². The summed E-state index contributed by atoms with van der Waals surface area (Å²) in [6.45, 7) is 4.02. The van der Waals surface area contributed by atoms with E-state index in [2.05, 4.69) is 12.6 Å². The summed E-state index contributed by atoms with van der Waals surface area (Å²) in [4.78, 5) is 12.6. The van der Waals surface area contributed by atoms with Gasteiger partial charge in [0.15, 0.2) is 0 Å². The molecular formula is C27H22N2O5. The van der Waals surface area contributed by atoms with Gasteiger partial charge in [-0.25, -0.2) is 4.79 Å². The number of benzene rings is 3. The van der Waals surface area contributed by atoms with Crippen molar-refractivity contribution in [2.75, 3.05) is 13.7 Å². The van der Waals surface area contributed by atoms with Crippen LogP contribution in [-0.2, 0) is 0 Å².